The summed E-state index contributed by atoms with van der Waals surface area (Å²) in [5.74, 6) is 1.84. The lowest BCUT2D eigenvalue weighted by atomic mass is 10.1. The zero-order chi connectivity index (χ0) is 21.2. The van der Waals surface area contributed by atoms with Crippen LogP contribution in [0, 0.1) is 0 Å². The van der Waals surface area contributed by atoms with E-state index in [1.54, 1.807) is 14.2 Å². The fourth-order valence-electron chi connectivity index (χ4n) is 3.73. The minimum atomic E-state index is 0.113. The first-order valence-electron chi connectivity index (χ1n) is 10.7. The Hall–Kier alpha value is -2.73. The molecule has 2 aromatic carbocycles. The minimum Gasteiger partial charge on any atom is -0.497 e. The molecule has 0 aromatic heterocycles. The number of aryl methyl sites for hydroxylation is 1. The summed E-state index contributed by atoms with van der Waals surface area (Å²) in [6, 6.07) is 16.2. The Labute approximate surface area is 179 Å². The molecule has 0 saturated carbocycles. The van der Waals surface area contributed by atoms with E-state index in [2.05, 4.69) is 27.2 Å². The molecule has 1 saturated heterocycles. The summed E-state index contributed by atoms with van der Waals surface area (Å²) in [6.07, 6.45) is 2.22. The van der Waals surface area contributed by atoms with Gasteiger partial charge < -0.3 is 19.7 Å². The van der Waals surface area contributed by atoms with Gasteiger partial charge in [-0.15, -0.1) is 0 Å². The second kappa shape index (κ2) is 11.5. The minimum absolute atomic E-state index is 0.113. The van der Waals surface area contributed by atoms with Crippen molar-refractivity contribution >= 4 is 11.6 Å². The number of amides is 1. The molecule has 6 nitrogen and oxygen atoms in total. The molecule has 1 aliphatic rings. The van der Waals surface area contributed by atoms with Crippen LogP contribution in [0.15, 0.2) is 48.5 Å². The predicted molar refractivity (Wildman–Crippen MR) is 121 cm³/mol. The van der Waals surface area contributed by atoms with Gasteiger partial charge in [0.2, 0.25) is 5.91 Å². The van der Waals surface area contributed by atoms with Gasteiger partial charge in [0, 0.05) is 44.8 Å². The van der Waals surface area contributed by atoms with Gasteiger partial charge in [-0.3, -0.25) is 9.69 Å². The van der Waals surface area contributed by atoms with Crippen molar-refractivity contribution in [2.75, 3.05) is 58.4 Å². The fourth-order valence-corrected chi connectivity index (χ4v) is 3.73. The van der Waals surface area contributed by atoms with Crippen LogP contribution in [0.5, 0.6) is 11.5 Å². The van der Waals surface area contributed by atoms with E-state index in [4.69, 9.17) is 9.47 Å². The number of nitrogens with zero attached hydrogens (tertiary/aromatic N) is 2. The average molecular weight is 412 g/mol. The van der Waals surface area contributed by atoms with E-state index in [0.29, 0.717) is 6.42 Å². The zero-order valence-corrected chi connectivity index (χ0v) is 18.1. The number of rotatable bonds is 10. The van der Waals surface area contributed by atoms with Crippen LogP contribution in [0.4, 0.5) is 5.69 Å². The average Bonchev–Trinajstić information content (AvgIpc) is 2.81. The Morgan fingerprint density at radius 1 is 0.967 bits per heavy atom. The highest BCUT2D eigenvalue weighted by Crippen LogP contribution is 2.20. The van der Waals surface area contributed by atoms with Crippen LogP contribution in [0.3, 0.4) is 0 Å². The summed E-state index contributed by atoms with van der Waals surface area (Å²) in [6.45, 7) is 5.91. The van der Waals surface area contributed by atoms with E-state index in [0.717, 1.165) is 69.2 Å². The first kappa shape index (κ1) is 22.0. The first-order chi connectivity index (χ1) is 14.7. The molecule has 162 valence electrons. The van der Waals surface area contributed by atoms with Crippen molar-refractivity contribution < 1.29 is 14.3 Å². The maximum atomic E-state index is 12.1. The van der Waals surface area contributed by atoms with Crippen molar-refractivity contribution in [1.82, 2.24) is 10.2 Å². The highest BCUT2D eigenvalue weighted by molar-refractivity contribution is 5.76. The smallest absolute Gasteiger partial charge is 0.220 e. The standard InChI is InChI=1S/C24H33N3O3/c1-29-22-10-8-21(9-11-22)27-17-15-26(16-18-27)14-4-13-25-24(28)12-7-20-5-3-6-23(19-20)30-2/h3,5-6,8-11,19H,4,7,12-18H2,1-2H3,(H,25,28). The van der Waals surface area contributed by atoms with Crippen LogP contribution in [0.2, 0.25) is 0 Å². The number of carbonyl (C=O) groups excluding carboxylic acids is 1. The first-order valence-corrected chi connectivity index (χ1v) is 10.7. The molecular weight excluding hydrogens is 378 g/mol. The number of piperazine rings is 1. The predicted octanol–water partition coefficient (Wildman–Crippen LogP) is 2.96. The monoisotopic (exact) mass is 411 g/mol. The van der Waals surface area contributed by atoms with Crippen LogP contribution in [0.25, 0.3) is 0 Å². The SMILES string of the molecule is COc1ccc(N2CCN(CCCNC(=O)CCc3cccc(OC)c3)CC2)cc1. The molecule has 6 heteroatoms. The van der Waals surface area contributed by atoms with Crippen LogP contribution in [-0.2, 0) is 11.2 Å². The molecule has 0 atom stereocenters. The van der Waals surface area contributed by atoms with Crippen molar-refractivity contribution in [3.63, 3.8) is 0 Å². The maximum absolute atomic E-state index is 12.1. The van der Waals surface area contributed by atoms with Gasteiger partial charge in [-0.25, -0.2) is 0 Å². The molecule has 0 spiro atoms. The van der Waals surface area contributed by atoms with E-state index in [9.17, 15) is 4.79 Å². The summed E-state index contributed by atoms with van der Waals surface area (Å²) in [7, 11) is 3.35. The Morgan fingerprint density at radius 2 is 1.70 bits per heavy atom. The van der Waals surface area contributed by atoms with Crippen LogP contribution in [-0.4, -0.2) is 64.3 Å². The van der Waals surface area contributed by atoms with E-state index in [1.165, 1.54) is 5.69 Å². The Kier molecular flexibility index (Phi) is 8.39. The number of nitrogens with one attached hydrogen (secondary N) is 1. The molecule has 3 rings (SSSR count). The fraction of sp³-hybridized carbons (Fsp3) is 0.458. The van der Waals surface area contributed by atoms with Gasteiger partial charge in [0.05, 0.1) is 14.2 Å². The third kappa shape index (κ3) is 6.66. The molecule has 1 heterocycles. The number of hydrogen-bond donors (Lipinski definition) is 1. The number of ether oxygens (including phenoxy) is 2. The number of methoxy groups -OCH3 is 2. The topological polar surface area (TPSA) is 54.0 Å². The van der Waals surface area contributed by atoms with Crippen LogP contribution < -0.4 is 19.7 Å². The molecule has 0 unspecified atom stereocenters. The molecule has 30 heavy (non-hydrogen) atoms. The van der Waals surface area contributed by atoms with Gasteiger partial charge in [0.25, 0.3) is 0 Å². The zero-order valence-electron chi connectivity index (χ0n) is 18.1. The van der Waals surface area contributed by atoms with E-state index in [-0.39, 0.29) is 5.91 Å². The van der Waals surface area contributed by atoms with Gasteiger partial charge in [-0.05, 0) is 61.3 Å². The second-order valence-electron chi connectivity index (χ2n) is 7.58. The molecular formula is C24H33N3O3. The van der Waals surface area contributed by atoms with Crippen LogP contribution in [0.1, 0.15) is 18.4 Å². The number of carbonyl (C=O) groups is 1. The van der Waals surface area contributed by atoms with E-state index in [1.807, 2.05) is 36.4 Å². The van der Waals surface area contributed by atoms with Gasteiger partial charge in [0.1, 0.15) is 11.5 Å². The number of anilines is 1. The highest BCUT2D eigenvalue weighted by atomic mass is 16.5. The van der Waals surface area contributed by atoms with Gasteiger partial charge >= 0.3 is 0 Å². The summed E-state index contributed by atoms with van der Waals surface area (Å²) in [4.78, 5) is 17.0. The van der Waals surface area contributed by atoms with Gasteiger partial charge in [0.15, 0.2) is 0 Å². The quantitative estimate of drug-likeness (QED) is 0.609. The van der Waals surface area contributed by atoms with Crippen molar-refractivity contribution in [3.8, 4) is 11.5 Å². The third-order valence-electron chi connectivity index (χ3n) is 5.56. The Balaban J connectivity index is 1.28. The van der Waals surface area contributed by atoms with E-state index < -0.39 is 0 Å². The molecule has 0 bridgehead atoms. The van der Waals surface area contributed by atoms with Gasteiger partial charge in [-0.2, -0.15) is 0 Å². The van der Waals surface area contributed by atoms with Crippen LogP contribution >= 0.6 is 0 Å². The summed E-state index contributed by atoms with van der Waals surface area (Å²) < 4.78 is 10.5. The third-order valence-corrected chi connectivity index (χ3v) is 5.56. The van der Waals surface area contributed by atoms with Crippen molar-refractivity contribution in [2.24, 2.45) is 0 Å². The van der Waals surface area contributed by atoms with Gasteiger partial charge in [-0.1, -0.05) is 12.1 Å². The molecule has 1 N–H and O–H groups in total. The Morgan fingerprint density at radius 3 is 2.40 bits per heavy atom. The van der Waals surface area contributed by atoms with Crippen molar-refractivity contribution in [2.45, 2.75) is 19.3 Å². The molecule has 0 radical (unpaired) electrons. The Bertz CT molecular complexity index is 787. The lowest BCUT2D eigenvalue weighted by Crippen LogP contribution is -2.47. The summed E-state index contributed by atoms with van der Waals surface area (Å²) in [5, 5.41) is 3.05. The molecule has 2 aromatic rings. The number of hydrogen-bond acceptors (Lipinski definition) is 5. The number of benzene rings is 2. The summed E-state index contributed by atoms with van der Waals surface area (Å²) >= 11 is 0. The molecule has 1 amide bonds. The lowest BCUT2D eigenvalue weighted by molar-refractivity contribution is -0.121. The second-order valence-corrected chi connectivity index (χ2v) is 7.58. The molecule has 1 fully saturated rings. The normalized spacial score (nSPS) is 14.4. The highest BCUT2D eigenvalue weighted by Gasteiger charge is 2.16. The van der Waals surface area contributed by atoms with Crippen molar-refractivity contribution in [1.29, 1.82) is 0 Å². The molecule has 0 aliphatic carbocycles. The lowest BCUT2D eigenvalue weighted by Gasteiger charge is -2.36. The van der Waals surface area contributed by atoms with Crippen molar-refractivity contribution in [3.05, 3.63) is 54.1 Å². The molecule has 1 aliphatic heterocycles. The summed E-state index contributed by atoms with van der Waals surface area (Å²) in [5.41, 5.74) is 2.37. The maximum Gasteiger partial charge on any atom is 0.220 e. The van der Waals surface area contributed by atoms with E-state index >= 15 is 0 Å². The largest absolute Gasteiger partial charge is 0.497 e.